The molecule has 0 spiro atoms. The van der Waals surface area contributed by atoms with E-state index >= 15 is 0 Å². The predicted molar refractivity (Wildman–Crippen MR) is 83.6 cm³/mol. The van der Waals surface area contributed by atoms with Crippen LogP contribution in [0, 0.1) is 0 Å². The number of ether oxygens (including phenoxy) is 2. The molecule has 0 saturated carbocycles. The molecule has 0 heterocycles. The Morgan fingerprint density at radius 1 is 1.00 bits per heavy atom. The van der Waals surface area contributed by atoms with Crippen LogP contribution in [0.15, 0.2) is 24.3 Å². The monoisotopic (exact) mass is 316 g/mol. The Labute approximate surface area is 130 Å². The van der Waals surface area contributed by atoms with Gasteiger partial charge in [-0.05, 0) is 24.3 Å². The summed E-state index contributed by atoms with van der Waals surface area (Å²) >= 11 is 0. The summed E-state index contributed by atoms with van der Waals surface area (Å²) in [5, 5.41) is 0. The van der Waals surface area contributed by atoms with Crippen LogP contribution in [0.4, 0.5) is 11.4 Å². The molecule has 0 unspecified atom stereocenters. The first kappa shape index (κ1) is 19.1. The largest absolute Gasteiger partial charge is 0.464 e. The van der Waals surface area contributed by atoms with Gasteiger partial charge in [0, 0.05) is 25.2 Å². The maximum atomic E-state index is 10.8. The molecule has 1 aromatic carbocycles. The standard InChI is InChI=1S/C14H20N2O4.ClH/c1-11(17)19-9-7-16(8-10-20-12(2)18)14-5-3-13(15)4-6-14;/h3-6H,7-10,15H2,1-2H3;1H. The van der Waals surface area contributed by atoms with Crippen LogP contribution in [0.2, 0.25) is 0 Å². The highest BCUT2D eigenvalue weighted by molar-refractivity contribution is 5.85. The topological polar surface area (TPSA) is 81.9 Å². The molecule has 0 aliphatic heterocycles. The average molecular weight is 317 g/mol. The average Bonchev–Trinajstić information content (AvgIpc) is 2.37. The number of nitrogens with two attached hydrogens (primary N) is 1. The number of benzene rings is 1. The number of halogens is 1. The first-order valence-electron chi connectivity index (χ1n) is 6.36. The summed E-state index contributed by atoms with van der Waals surface area (Å²) < 4.78 is 9.86. The Morgan fingerprint density at radius 3 is 1.81 bits per heavy atom. The third-order valence-electron chi connectivity index (χ3n) is 2.59. The number of rotatable bonds is 7. The van der Waals surface area contributed by atoms with Crippen molar-refractivity contribution in [2.45, 2.75) is 13.8 Å². The summed E-state index contributed by atoms with van der Waals surface area (Å²) in [5.41, 5.74) is 7.25. The molecule has 0 aliphatic rings. The van der Waals surface area contributed by atoms with Gasteiger partial charge in [0.05, 0.1) is 13.1 Å². The molecular formula is C14H21ClN2O4. The Balaban J connectivity index is 0.00000400. The van der Waals surface area contributed by atoms with Crippen LogP contribution in [-0.4, -0.2) is 38.2 Å². The zero-order chi connectivity index (χ0) is 15.0. The fourth-order valence-corrected chi connectivity index (χ4v) is 1.65. The molecule has 2 N–H and O–H groups in total. The van der Waals surface area contributed by atoms with Crippen molar-refractivity contribution in [3.8, 4) is 0 Å². The molecule has 21 heavy (non-hydrogen) atoms. The minimum atomic E-state index is -0.317. The molecule has 0 amide bonds. The molecule has 0 saturated heterocycles. The van der Waals surface area contributed by atoms with Gasteiger partial charge in [0.1, 0.15) is 13.2 Å². The second-order valence-electron chi connectivity index (χ2n) is 4.26. The molecular weight excluding hydrogens is 296 g/mol. The van der Waals surface area contributed by atoms with Crippen molar-refractivity contribution in [1.29, 1.82) is 0 Å². The maximum Gasteiger partial charge on any atom is 0.302 e. The second-order valence-corrected chi connectivity index (χ2v) is 4.26. The Morgan fingerprint density at radius 2 is 1.43 bits per heavy atom. The summed E-state index contributed by atoms with van der Waals surface area (Å²) in [6, 6.07) is 7.33. The van der Waals surface area contributed by atoms with E-state index < -0.39 is 0 Å². The fraction of sp³-hybridized carbons (Fsp3) is 0.429. The molecule has 0 aliphatic carbocycles. The van der Waals surface area contributed by atoms with E-state index in [9.17, 15) is 9.59 Å². The number of hydrogen-bond donors (Lipinski definition) is 1. The molecule has 6 nitrogen and oxygen atoms in total. The lowest BCUT2D eigenvalue weighted by molar-refractivity contribution is -0.141. The summed E-state index contributed by atoms with van der Waals surface area (Å²) in [6.07, 6.45) is 0. The summed E-state index contributed by atoms with van der Waals surface area (Å²) in [6.45, 7) is 4.33. The van der Waals surface area contributed by atoms with Crippen molar-refractivity contribution in [2.75, 3.05) is 36.9 Å². The number of nitrogens with zero attached hydrogens (tertiary/aromatic N) is 1. The van der Waals surface area contributed by atoms with Gasteiger partial charge in [0.25, 0.3) is 0 Å². The first-order valence-corrected chi connectivity index (χ1v) is 6.36. The molecule has 0 atom stereocenters. The fourth-order valence-electron chi connectivity index (χ4n) is 1.65. The number of anilines is 2. The number of hydrogen-bond acceptors (Lipinski definition) is 6. The minimum absolute atomic E-state index is 0. The van der Waals surface area contributed by atoms with Crippen molar-refractivity contribution in [3.63, 3.8) is 0 Å². The summed E-state index contributed by atoms with van der Waals surface area (Å²) in [4.78, 5) is 23.5. The van der Waals surface area contributed by atoms with Crippen LogP contribution >= 0.6 is 12.4 Å². The van der Waals surface area contributed by atoms with E-state index in [4.69, 9.17) is 15.2 Å². The van der Waals surface area contributed by atoms with Gasteiger partial charge in [0.15, 0.2) is 0 Å². The molecule has 118 valence electrons. The van der Waals surface area contributed by atoms with Gasteiger partial charge < -0.3 is 20.1 Å². The van der Waals surface area contributed by atoms with Gasteiger partial charge in [-0.15, -0.1) is 12.4 Å². The maximum absolute atomic E-state index is 10.8. The molecule has 1 rings (SSSR count). The normalized spacial score (nSPS) is 9.43. The predicted octanol–water partition coefficient (Wildman–Crippen LogP) is 1.62. The summed E-state index contributed by atoms with van der Waals surface area (Å²) in [5.74, 6) is -0.635. The van der Waals surface area contributed by atoms with Gasteiger partial charge in [-0.3, -0.25) is 9.59 Å². The molecule has 0 bridgehead atoms. The smallest absolute Gasteiger partial charge is 0.302 e. The van der Waals surface area contributed by atoms with E-state index in [0.717, 1.165) is 5.69 Å². The van der Waals surface area contributed by atoms with Gasteiger partial charge in [-0.2, -0.15) is 0 Å². The van der Waals surface area contributed by atoms with E-state index in [2.05, 4.69) is 0 Å². The lowest BCUT2D eigenvalue weighted by Crippen LogP contribution is -2.31. The number of carbonyl (C=O) groups is 2. The van der Waals surface area contributed by atoms with Gasteiger partial charge in [0.2, 0.25) is 0 Å². The van der Waals surface area contributed by atoms with E-state index in [-0.39, 0.29) is 37.6 Å². The van der Waals surface area contributed by atoms with Crippen LogP contribution in [-0.2, 0) is 19.1 Å². The highest BCUT2D eigenvalue weighted by atomic mass is 35.5. The van der Waals surface area contributed by atoms with Gasteiger partial charge >= 0.3 is 11.9 Å². The Hall–Kier alpha value is -1.95. The van der Waals surface area contributed by atoms with Crippen LogP contribution in [0.1, 0.15) is 13.8 Å². The quantitative estimate of drug-likeness (QED) is 0.608. The van der Waals surface area contributed by atoms with Gasteiger partial charge in [-0.1, -0.05) is 0 Å². The number of esters is 2. The lowest BCUT2D eigenvalue weighted by Gasteiger charge is -2.24. The summed E-state index contributed by atoms with van der Waals surface area (Å²) in [7, 11) is 0. The first-order chi connectivity index (χ1) is 9.49. The second kappa shape index (κ2) is 9.88. The minimum Gasteiger partial charge on any atom is -0.464 e. The van der Waals surface area contributed by atoms with Crippen LogP contribution in [0.25, 0.3) is 0 Å². The number of nitrogen functional groups attached to an aromatic ring is 1. The SMILES string of the molecule is CC(=O)OCCN(CCOC(C)=O)c1ccc(N)cc1.Cl. The molecule has 0 fully saturated rings. The van der Waals surface area contributed by atoms with Crippen molar-refractivity contribution in [1.82, 2.24) is 0 Å². The van der Waals surface area contributed by atoms with E-state index in [1.165, 1.54) is 13.8 Å². The van der Waals surface area contributed by atoms with E-state index in [1.54, 1.807) is 12.1 Å². The third-order valence-corrected chi connectivity index (χ3v) is 2.59. The Kier molecular flexibility index (Phi) is 8.96. The zero-order valence-corrected chi connectivity index (χ0v) is 13.0. The van der Waals surface area contributed by atoms with Crippen LogP contribution in [0.5, 0.6) is 0 Å². The third kappa shape index (κ3) is 8.04. The molecule has 0 radical (unpaired) electrons. The number of carbonyl (C=O) groups excluding carboxylic acids is 2. The van der Waals surface area contributed by atoms with Crippen molar-refractivity contribution >= 4 is 35.7 Å². The Bertz CT molecular complexity index is 431. The highest BCUT2D eigenvalue weighted by Gasteiger charge is 2.08. The van der Waals surface area contributed by atoms with E-state index in [0.29, 0.717) is 18.8 Å². The molecule has 0 aromatic heterocycles. The zero-order valence-electron chi connectivity index (χ0n) is 12.2. The van der Waals surface area contributed by atoms with Crippen LogP contribution < -0.4 is 10.6 Å². The lowest BCUT2D eigenvalue weighted by atomic mass is 10.2. The van der Waals surface area contributed by atoms with Crippen molar-refractivity contribution in [3.05, 3.63) is 24.3 Å². The molecule has 1 aromatic rings. The van der Waals surface area contributed by atoms with Gasteiger partial charge in [-0.25, -0.2) is 0 Å². The van der Waals surface area contributed by atoms with Crippen molar-refractivity contribution < 1.29 is 19.1 Å². The van der Waals surface area contributed by atoms with Crippen LogP contribution in [0.3, 0.4) is 0 Å². The highest BCUT2D eigenvalue weighted by Crippen LogP contribution is 2.15. The van der Waals surface area contributed by atoms with Crippen molar-refractivity contribution in [2.24, 2.45) is 0 Å². The van der Waals surface area contributed by atoms with E-state index in [1.807, 2.05) is 17.0 Å². The molecule has 7 heteroatoms.